The molecule has 0 aliphatic heterocycles. The molecule has 0 spiro atoms. The number of sulfonamides is 1. The molecule has 2 atom stereocenters. The fraction of sp³-hybridized carbons (Fsp3) is 0.538. The molecule has 1 aliphatic rings. The Kier molecular flexibility index (Phi) is 4.04. The van der Waals surface area contributed by atoms with Gasteiger partial charge in [0.25, 0.3) is 0 Å². The topological polar surface area (TPSA) is 55.4 Å². The normalized spacial score (nSPS) is 24.3. The minimum Gasteiger partial charge on any atom is -0.381 e. The van der Waals surface area contributed by atoms with Crippen LogP contribution in [0.2, 0.25) is 0 Å². The van der Waals surface area contributed by atoms with Crippen molar-refractivity contribution >= 4 is 10.0 Å². The minimum absolute atomic E-state index is 0.0143. The lowest BCUT2D eigenvalue weighted by Gasteiger charge is -2.14. The van der Waals surface area contributed by atoms with Crippen molar-refractivity contribution in [1.29, 1.82) is 0 Å². The minimum atomic E-state index is -3.41. The average molecular weight is 269 g/mol. The molecule has 4 nitrogen and oxygen atoms in total. The van der Waals surface area contributed by atoms with E-state index in [0.29, 0.717) is 4.90 Å². The second-order valence-corrected chi connectivity index (χ2v) is 6.44. The van der Waals surface area contributed by atoms with E-state index in [1.807, 2.05) is 6.07 Å². The maximum absolute atomic E-state index is 12.3. The highest BCUT2D eigenvalue weighted by molar-refractivity contribution is 7.89. The van der Waals surface area contributed by atoms with Gasteiger partial charge in [-0.25, -0.2) is 13.1 Å². The zero-order chi connectivity index (χ0) is 13.2. The molecule has 1 aromatic rings. The average Bonchev–Trinajstić information content (AvgIpc) is 2.76. The van der Waals surface area contributed by atoms with E-state index in [2.05, 4.69) is 4.72 Å². The summed E-state index contributed by atoms with van der Waals surface area (Å²) in [6, 6.07) is 7.01. The van der Waals surface area contributed by atoms with E-state index in [0.717, 1.165) is 24.8 Å². The molecule has 2 unspecified atom stereocenters. The molecule has 0 amide bonds. The Labute approximate surface area is 108 Å². The van der Waals surface area contributed by atoms with Gasteiger partial charge in [0, 0.05) is 13.2 Å². The Bertz CT molecular complexity index is 513. The Hall–Kier alpha value is -0.910. The number of aryl methyl sites for hydroxylation is 1. The molecule has 5 heteroatoms. The zero-order valence-corrected chi connectivity index (χ0v) is 11.5. The van der Waals surface area contributed by atoms with Gasteiger partial charge in [-0.1, -0.05) is 18.2 Å². The highest BCUT2D eigenvalue weighted by Crippen LogP contribution is 2.24. The maximum atomic E-state index is 12.3. The number of rotatable bonds is 4. The van der Waals surface area contributed by atoms with Crippen LogP contribution in [0.4, 0.5) is 0 Å². The van der Waals surface area contributed by atoms with E-state index in [4.69, 9.17) is 4.74 Å². The lowest BCUT2D eigenvalue weighted by molar-refractivity contribution is 0.107. The first kappa shape index (κ1) is 13.5. The van der Waals surface area contributed by atoms with Crippen molar-refractivity contribution in [2.24, 2.45) is 0 Å². The van der Waals surface area contributed by atoms with Crippen molar-refractivity contribution in [3.05, 3.63) is 29.8 Å². The van der Waals surface area contributed by atoms with Gasteiger partial charge < -0.3 is 4.74 Å². The van der Waals surface area contributed by atoms with Gasteiger partial charge in [0.15, 0.2) is 0 Å². The summed E-state index contributed by atoms with van der Waals surface area (Å²) < 4.78 is 32.5. The fourth-order valence-corrected chi connectivity index (χ4v) is 3.93. The molecular formula is C13H19NO3S. The van der Waals surface area contributed by atoms with E-state index in [1.54, 1.807) is 32.2 Å². The Morgan fingerprint density at radius 2 is 2.00 bits per heavy atom. The van der Waals surface area contributed by atoms with Crippen molar-refractivity contribution in [2.75, 3.05) is 7.11 Å². The Morgan fingerprint density at radius 3 is 2.61 bits per heavy atom. The molecule has 1 N–H and O–H groups in total. The van der Waals surface area contributed by atoms with E-state index in [1.165, 1.54) is 0 Å². The van der Waals surface area contributed by atoms with Crippen LogP contribution >= 0.6 is 0 Å². The number of ether oxygens (including phenoxy) is 1. The molecule has 0 aromatic heterocycles. The summed E-state index contributed by atoms with van der Waals surface area (Å²) in [6.45, 7) is 1.81. The summed E-state index contributed by atoms with van der Waals surface area (Å²) in [7, 11) is -1.74. The van der Waals surface area contributed by atoms with E-state index < -0.39 is 10.0 Å². The molecule has 1 aliphatic carbocycles. The molecule has 1 fully saturated rings. The second-order valence-electron chi connectivity index (χ2n) is 4.75. The van der Waals surface area contributed by atoms with Crippen molar-refractivity contribution in [2.45, 2.75) is 43.2 Å². The first-order valence-electron chi connectivity index (χ1n) is 6.13. The van der Waals surface area contributed by atoms with Crippen LogP contribution in [-0.2, 0) is 14.8 Å². The second kappa shape index (κ2) is 5.38. The van der Waals surface area contributed by atoms with Crippen LogP contribution in [0.25, 0.3) is 0 Å². The number of hydrogen-bond acceptors (Lipinski definition) is 3. The van der Waals surface area contributed by atoms with Crippen molar-refractivity contribution in [3.63, 3.8) is 0 Å². The SMILES string of the molecule is COC1CCC(NS(=O)(=O)c2ccccc2C)C1. The summed E-state index contributed by atoms with van der Waals surface area (Å²) in [6.07, 6.45) is 2.68. The van der Waals surface area contributed by atoms with Crippen molar-refractivity contribution in [1.82, 2.24) is 4.72 Å². The Morgan fingerprint density at radius 1 is 1.28 bits per heavy atom. The molecule has 18 heavy (non-hydrogen) atoms. The van der Waals surface area contributed by atoms with Crippen LogP contribution < -0.4 is 4.72 Å². The molecule has 2 rings (SSSR count). The van der Waals surface area contributed by atoms with Gasteiger partial charge in [0.05, 0.1) is 11.0 Å². The van der Waals surface area contributed by atoms with E-state index in [-0.39, 0.29) is 12.1 Å². The van der Waals surface area contributed by atoms with E-state index >= 15 is 0 Å². The van der Waals surface area contributed by atoms with Crippen LogP contribution in [0.5, 0.6) is 0 Å². The number of benzene rings is 1. The summed E-state index contributed by atoms with van der Waals surface area (Å²) >= 11 is 0. The predicted molar refractivity (Wildman–Crippen MR) is 69.9 cm³/mol. The molecule has 100 valence electrons. The smallest absolute Gasteiger partial charge is 0.241 e. The molecule has 1 aromatic carbocycles. The van der Waals surface area contributed by atoms with Gasteiger partial charge in [0.1, 0.15) is 0 Å². The summed E-state index contributed by atoms with van der Waals surface area (Å²) in [5, 5.41) is 0. The molecule has 1 saturated carbocycles. The van der Waals surface area contributed by atoms with Crippen LogP contribution in [0, 0.1) is 6.92 Å². The quantitative estimate of drug-likeness (QED) is 0.907. The number of hydrogen-bond donors (Lipinski definition) is 1. The van der Waals surface area contributed by atoms with Crippen LogP contribution in [0.1, 0.15) is 24.8 Å². The predicted octanol–water partition coefficient (Wildman–Crippen LogP) is 1.84. The van der Waals surface area contributed by atoms with Gasteiger partial charge >= 0.3 is 0 Å². The van der Waals surface area contributed by atoms with Crippen molar-refractivity contribution < 1.29 is 13.2 Å². The summed E-state index contributed by atoms with van der Waals surface area (Å²) in [4.78, 5) is 0.367. The lowest BCUT2D eigenvalue weighted by Crippen LogP contribution is -2.33. The van der Waals surface area contributed by atoms with Gasteiger partial charge in [-0.05, 0) is 37.8 Å². The molecular weight excluding hydrogens is 250 g/mol. The summed E-state index contributed by atoms with van der Waals surface area (Å²) in [5.41, 5.74) is 0.770. The highest BCUT2D eigenvalue weighted by Gasteiger charge is 2.29. The molecule has 0 heterocycles. The van der Waals surface area contributed by atoms with E-state index in [9.17, 15) is 8.42 Å². The lowest BCUT2D eigenvalue weighted by atomic mass is 10.2. The van der Waals surface area contributed by atoms with Crippen LogP contribution in [0.15, 0.2) is 29.2 Å². The third kappa shape index (κ3) is 2.91. The first-order valence-corrected chi connectivity index (χ1v) is 7.62. The van der Waals surface area contributed by atoms with Gasteiger partial charge in [-0.3, -0.25) is 0 Å². The Balaban J connectivity index is 2.11. The third-order valence-corrected chi connectivity index (χ3v) is 5.10. The molecule has 0 saturated heterocycles. The zero-order valence-electron chi connectivity index (χ0n) is 10.7. The van der Waals surface area contributed by atoms with Gasteiger partial charge in [-0.15, -0.1) is 0 Å². The highest BCUT2D eigenvalue weighted by atomic mass is 32.2. The van der Waals surface area contributed by atoms with Crippen LogP contribution in [0.3, 0.4) is 0 Å². The fourth-order valence-electron chi connectivity index (χ4n) is 2.40. The number of nitrogens with one attached hydrogen (secondary N) is 1. The number of methoxy groups -OCH3 is 1. The monoisotopic (exact) mass is 269 g/mol. The van der Waals surface area contributed by atoms with Crippen LogP contribution in [-0.4, -0.2) is 27.7 Å². The third-order valence-electron chi connectivity index (χ3n) is 3.42. The standard InChI is InChI=1S/C13H19NO3S/c1-10-5-3-4-6-13(10)18(15,16)14-11-7-8-12(9-11)17-2/h3-6,11-12,14H,7-9H2,1-2H3. The largest absolute Gasteiger partial charge is 0.381 e. The van der Waals surface area contributed by atoms with Gasteiger partial charge in [0.2, 0.25) is 10.0 Å². The molecule has 0 bridgehead atoms. The summed E-state index contributed by atoms with van der Waals surface area (Å²) in [5.74, 6) is 0. The molecule has 0 radical (unpaired) electrons. The first-order chi connectivity index (χ1) is 8.53. The maximum Gasteiger partial charge on any atom is 0.241 e. The van der Waals surface area contributed by atoms with Gasteiger partial charge in [-0.2, -0.15) is 0 Å². The van der Waals surface area contributed by atoms with Crippen molar-refractivity contribution in [3.8, 4) is 0 Å².